The molecule has 1 aliphatic carbocycles. The molecule has 0 spiro atoms. The molecular weight excluding hydrogens is 188 g/mol. The summed E-state index contributed by atoms with van der Waals surface area (Å²) in [6.45, 7) is 0. The van der Waals surface area contributed by atoms with Crippen LogP contribution >= 0.6 is 0 Å². The Balaban J connectivity index is 2.20. The maximum absolute atomic E-state index is 12.1. The van der Waals surface area contributed by atoms with E-state index in [-0.39, 0.29) is 5.78 Å². The predicted molar refractivity (Wildman–Crippen MR) is 58.7 cm³/mol. The largest absolute Gasteiger partial charge is 0.331 e. The first-order valence-electron chi connectivity index (χ1n) is 5.49. The van der Waals surface area contributed by atoms with Gasteiger partial charge < -0.3 is 4.57 Å². The number of imidazole rings is 1. The van der Waals surface area contributed by atoms with Gasteiger partial charge in [0.2, 0.25) is 5.78 Å². The van der Waals surface area contributed by atoms with E-state index in [4.69, 9.17) is 0 Å². The number of hydrogen-bond donors (Lipinski definition) is 0. The van der Waals surface area contributed by atoms with E-state index in [0.29, 0.717) is 5.69 Å². The van der Waals surface area contributed by atoms with Gasteiger partial charge in [-0.25, -0.2) is 4.98 Å². The van der Waals surface area contributed by atoms with Gasteiger partial charge in [-0.2, -0.15) is 0 Å². The molecule has 0 N–H and O–H groups in total. The summed E-state index contributed by atoms with van der Waals surface area (Å²) in [7, 11) is 1.86. The highest BCUT2D eigenvalue weighted by molar-refractivity contribution is 6.07. The normalized spacial score (nSPS) is 17.0. The first-order valence-corrected chi connectivity index (χ1v) is 5.49. The molecule has 3 nitrogen and oxygen atoms in total. The second kappa shape index (κ2) is 4.43. The monoisotopic (exact) mass is 204 g/mol. The van der Waals surface area contributed by atoms with E-state index in [1.54, 1.807) is 17.1 Å². The zero-order chi connectivity index (χ0) is 10.7. The van der Waals surface area contributed by atoms with Gasteiger partial charge in [0.1, 0.15) is 5.69 Å². The Hall–Kier alpha value is -1.38. The molecule has 80 valence electrons. The fourth-order valence-corrected chi connectivity index (χ4v) is 1.96. The molecule has 0 atom stereocenters. The van der Waals surface area contributed by atoms with E-state index in [0.717, 1.165) is 24.8 Å². The van der Waals surface area contributed by atoms with Crippen molar-refractivity contribution in [3.05, 3.63) is 29.9 Å². The molecule has 1 aliphatic rings. The van der Waals surface area contributed by atoms with E-state index < -0.39 is 0 Å². The Bertz CT molecular complexity index is 390. The van der Waals surface area contributed by atoms with Gasteiger partial charge in [0.05, 0.1) is 12.5 Å². The molecule has 1 aromatic heterocycles. The number of ketones is 1. The van der Waals surface area contributed by atoms with Crippen LogP contribution in [-0.4, -0.2) is 15.3 Å². The van der Waals surface area contributed by atoms with Gasteiger partial charge in [0.25, 0.3) is 0 Å². The fourth-order valence-electron chi connectivity index (χ4n) is 1.96. The maximum Gasteiger partial charge on any atom is 0.206 e. The van der Waals surface area contributed by atoms with Gasteiger partial charge in [-0.3, -0.25) is 4.79 Å². The van der Waals surface area contributed by atoms with Crippen LogP contribution in [0.4, 0.5) is 0 Å². The Morgan fingerprint density at radius 3 is 3.00 bits per heavy atom. The van der Waals surface area contributed by atoms with Crippen molar-refractivity contribution >= 4 is 5.78 Å². The Morgan fingerprint density at radius 2 is 2.27 bits per heavy atom. The molecule has 0 radical (unpaired) electrons. The second-order valence-electron chi connectivity index (χ2n) is 4.05. The summed E-state index contributed by atoms with van der Waals surface area (Å²) < 4.78 is 1.79. The van der Waals surface area contributed by atoms with E-state index >= 15 is 0 Å². The summed E-state index contributed by atoms with van der Waals surface area (Å²) in [5.74, 6) is 0.150. The van der Waals surface area contributed by atoms with E-state index in [1.807, 2.05) is 7.05 Å². The van der Waals surface area contributed by atoms with Crippen LogP contribution in [0.25, 0.3) is 0 Å². The van der Waals surface area contributed by atoms with Crippen molar-refractivity contribution in [3.8, 4) is 0 Å². The minimum Gasteiger partial charge on any atom is -0.331 e. The zero-order valence-electron chi connectivity index (χ0n) is 9.07. The van der Waals surface area contributed by atoms with Crippen LogP contribution < -0.4 is 0 Å². The fraction of sp³-hybridized carbons (Fsp3) is 0.500. The molecule has 0 saturated carbocycles. The quantitative estimate of drug-likeness (QED) is 0.694. The van der Waals surface area contributed by atoms with Crippen LogP contribution in [-0.2, 0) is 7.05 Å². The highest BCUT2D eigenvalue weighted by Gasteiger charge is 2.16. The van der Waals surface area contributed by atoms with Gasteiger partial charge in [0.15, 0.2) is 0 Å². The molecule has 0 fully saturated rings. The van der Waals surface area contributed by atoms with Crippen LogP contribution in [0.5, 0.6) is 0 Å². The Morgan fingerprint density at radius 1 is 1.40 bits per heavy atom. The molecular formula is C12H16N2O. The average molecular weight is 204 g/mol. The van der Waals surface area contributed by atoms with Gasteiger partial charge in [-0.1, -0.05) is 12.5 Å². The van der Waals surface area contributed by atoms with Crippen molar-refractivity contribution in [1.29, 1.82) is 0 Å². The SMILES string of the molecule is Cn1cncc1C(=O)C1=CCCCCC1. The number of carbonyl (C=O) groups excluding carboxylic acids is 1. The first-order chi connectivity index (χ1) is 7.29. The highest BCUT2D eigenvalue weighted by atomic mass is 16.1. The number of nitrogens with zero attached hydrogens (tertiary/aromatic N) is 2. The lowest BCUT2D eigenvalue weighted by Crippen LogP contribution is -2.08. The summed E-state index contributed by atoms with van der Waals surface area (Å²) in [5.41, 5.74) is 1.67. The second-order valence-corrected chi connectivity index (χ2v) is 4.05. The molecule has 0 aromatic carbocycles. The number of hydrogen-bond acceptors (Lipinski definition) is 2. The van der Waals surface area contributed by atoms with Crippen molar-refractivity contribution in [1.82, 2.24) is 9.55 Å². The third kappa shape index (κ3) is 2.17. The Kier molecular flexibility index (Phi) is 2.99. The van der Waals surface area contributed by atoms with Crippen LogP contribution in [0.3, 0.4) is 0 Å². The molecule has 0 unspecified atom stereocenters. The lowest BCUT2D eigenvalue weighted by molar-refractivity contribution is 0.102. The molecule has 15 heavy (non-hydrogen) atoms. The third-order valence-corrected chi connectivity index (χ3v) is 2.88. The van der Waals surface area contributed by atoms with Crippen LogP contribution in [0.1, 0.15) is 42.6 Å². The number of Topliss-reactive ketones (excluding diaryl/α,β-unsaturated/α-hetero) is 1. The van der Waals surface area contributed by atoms with Gasteiger partial charge >= 0.3 is 0 Å². The van der Waals surface area contributed by atoms with Crippen molar-refractivity contribution in [2.45, 2.75) is 32.1 Å². The van der Waals surface area contributed by atoms with Crippen LogP contribution in [0.2, 0.25) is 0 Å². The molecule has 1 aromatic rings. The minimum absolute atomic E-state index is 0.150. The topological polar surface area (TPSA) is 34.9 Å². The van der Waals surface area contributed by atoms with Crippen molar-refractivity contribution < 1.29 is 4.79 Å². The summed E-state index contributed by atoms with van der Waals surface area (Å²) in [4.78, 5) is 16.1. The number of carbonyl (C=O) groups is 1. The van der Waals surface area contributed by atoms with Gasteiger partial charge in [-0.05, 0) is 31.3 Å². The first kappa shape index (κ1) is 10.1. The number of allylic oxidation sites excluding steroid dienone is 2. The molecule has 0 aliphatic heterocycles. The highest BCUT2D eigenvalue weighted by Crippen LogP contribution is 2.20. The molecule has 2 rings (SSSR count). The smallest absolute Gasteiger partial charge is 0.206 e. The van der Waals surface area contributed by atoms with E-state index in [9.17, 15) is 4.79 Å². The number of rotatable bonds is 2. The molecule has 0 amide bonds. The maximum atomic E-state index is 12.1. The lowest BCUT2D eigenvalue weighted by Gasteiger charge is -2.04. The minimum atomic E-state index is 0.150. The molecule has 3 heteroatoms. The summed E-state index contributed by atoms with van der Waals surface area (Å²) in [5, 5.41) is 0. The molecule has 0 saturated heterocycles. The lowest BCUT2D eigenvalue weighted by atomic mass is 10.0. The van der Waals surface area contributed by atoms with Crippen molar-refractivity contribution in [2.24, 2.45) is 7.05 Å². The molecule has 1 heterocycles. The van der Waals surface area contributed by atoms with Crippen molar-refractivity contribution in [3.63, 3.8) is 0 Å². The van der Waals surface area contributed by atoms with Gasteiger partial charge in [-0.15, -0.1) is 0 Å². The van der Waals surface area contributed by atoms with Gasteiger partial charge in [0, 0.05) is 7.05 Å². The zero-order valence-corrected chi connectivity index (χ0v) is 9.07. The van der Waals surface area contributed by atoms with Crippen LogP contribution in [0.15, 0.2) is 24.2 Å². The average Bonchev–Trinajstić information content (AvgIpc) is 2.53. The molecule has 0 bridgehead atoms. The van der Waals surface area contributed by atoms with Crippen molar-refractivity contribution in [2.75, 3.05) is 0 Å². The van der Waals surface area contributed by atoms with E-state index in [2.05, 4.69) is 11.1 Å². The third-order valence-electron chi connectivity index (χ3n) is 2.88. The summed E-state index contributed by atoms with van der Waals surface area (Å²) in [6.07, 6.45) is 11.0. The van der Waals surface area contributed by atoms with Crippen LogP contribution in [0, 0.1) is 0 Å². The van der Waals surface area contributed by atoms with E-state index in [1.165, 1.54) is 12.8 Å². The predicted octanol–water partition coefficient (Wildman–Crippen LogP) is 2.49. The summed E-state index contributed by atoms with van der Waals surface area (Å²) in [6, 6.07) is 0. The Labute approximate surface area is 89.8 Å². The standard InChI is InChI=1S/C12H16N2O/c1-14-9-13-8-11(14)12(15)10-6-4-2-3-5-7-10/h6,8-9H,2-5,7H2,1H3. The number of aryl methyl sites for hydroxylation is 1. The summed E-state index contributed by atoms with van der Waals surface area (Å²) >= 11 is 0. The number of aromatic nitrogens is 2.